The fourth-order valence-corrected chi connectivity index (χ4v) is 1.88. The number of carboxylic acid groups (broad SMARTS) is 1. The number of ether oxygens (including phenoxy) is 2. The molecule has 1 rings (SSSR count). The molecule has 0 spiro atoms. The highest BCUT2D eigenvalue weighted by Gasteiger charge is 2.21. The van der Waals surface area contributed by atoms with Crippen LogP contribution in [0.25, 0.3) is 0 Å². The first-order valence-corrected chi connectivity index (χ1v) is 7.30. The van der Waals surface area contributed by atoms with Gasteiger partial charge >= 0.3 is 5.97 Å². The summed E-state index contributed by atoms with van der Waals surface area (Å²) >= 11 is 0. The first kappa shape index (κ1) is 17.8. The van der Waals surface area contributed by atoms with Crippen molar-refractivity contribution in [1.29, 1.82) is 0 Å². The molecule has 0 radical (unpaired) electrons. The van der Waals surface area contributed by atoms with Gasteiger partial charge in [0.2, 0.25) is 0 Å². The lowest BCUT2D eigenvalue weighted by Crippen LogP contribution is -2.43. The second-order valence-electron chi connectivity index (χ2n) is 5.28. The summed E-state index contributed by atoms with van der Waals surface area (Å²) in [6.07, 6.45) is 0.379. The van der Waals surface area contributed by atoms with E-state index < -0.39 is 17.9 Å². The van der Waals surface area contributed by atoms with Crippen LogP contribution in [0.4, 0.5) is 0 Å². The smallest absolute Gasteiger partial charge is 0.326 e. The van der Waals surface area contributed by atoms with Gasteiger partial charge < -0.3 is 19.9 Å². The molecular formula is C16H23NO5. The number of hydrogen-bond acceptors (Lipinski definition) is 4. The lowest BCUT2D eigenvalue weighted by atomic mass is 10.0. The summed E-state index contributed by atoms with van der Waals surface area (Å²) in [5.74, 6) is -0.0741. The van der Waals surface area contributed by atoms with Gasteiger partial charge in [0.05, 0.1) is 6.61 Å². The molecule has 0 aromatic heterocycles. The van der Waals surface area contributed by atoms with E-state index in [1.54, 1.807) is 24.3 Å². The fraction of sp³-hybridized carbons (Fsp3) is 0.500. The summed E-state index contributed by atoms with van der Waals surface area (Å²) in [6, 6.07) is 5.99. The summed E-state index contributed by atoms with van der Waals surface area (Å²) in [5.41, 5.74) is 0. The number of rotatable bonds is 9. The largest absolute Gasteiger partial charge is 0.494 e. The van der Waals surface area contributed by atoms with Crippen molar-refractivity contribution in [2.75, 3.05) is 13.2 Å². The van der Waals surface area contributed by atoms with Gasteiger partial charge in [0, 0.05) is 0 Å². The van der Waals surface area contributed by atoms with Crippen LogP contribution < -0.4 is 14.8 Å². The third-order valence-corrected chi connectivity index (χ3v) is 2.85. The minimum absolute atomic E-state index is 0.174. The molecule has 0 fully saturated rings. The first-order chi connectivity index (χ1) is 10.4. The topological polar surface area (TPSA) is 84.9 Å². The molecule has 2 N–H and O–H groups in total. The summed E-state index contributed by atoms with van der Waals surface area (Å²) in [7, 11) is 0. The van der Waals surface area contributed by atoms with Crippen LogP contribution in [0, 0.1) is 5.92 Å². The maximum Gasteiger partial charge on any atom is 0.326 e. The monoisotopic (exact) mass is 309 g/mol. The van der Waals surface area contributed by atoms with Gasteiger partial charge in [-0.1, -0.05) is 13.8 Å². The highest BCUT2D eigenvalue weighted by molar-refractivity contribution is 5.84. The van der Waals surface area contributed by atoms with Crippen molar-refractivity contribution in [3.05, 3.63) is 24.3 Å². The van der Waals surface area contributed by atoms with Gasteiger partial charge in [-0.2, -0.15) is 0 Å². The zero-order valence-electron chi connectivity index (χ0n) is 13.2. The second-order valence-corrected chi connectivity index (χ2v) is 5.28. The lowest BCUT2D eigenvalue weighted by Gasteiger charge is -2.16. The van der Waals surface area contributed by atoms with Gasteiger partial charge in [-0.15, -0.1) is 0 Å². The maximum atomic E-state index is 11.8. The molecule has 0 aliphatic heterocycles. The Hall–Kier alpha value is -2.24. The number of hydrogen-bond donors (Lipinski definition) is 2. The highest BCUT2D eigenvalue weighted by Crippen LogP contribution is 2.17. The number of nitrogens with one attached hydrogen (secondary N) is 1. The predicted molar refractivity (Wildman–Crippen MR) is 82.1 cm³/mol. The molecule has 1 atom stereocenters. The van der Waals surface area contributed by atoms with E-state index in [-0.39, 0.29) is 12.5 Å². The first-order valence-electron chi connectivity index (χ1n) is 7.30. The molecular weight excluding hydrogens is 286 g/mol. The van der Waals surface area contributed by atoms with Crippen molar-refractivity contribution >= 4 is 11.9 Å². The molecule has 122 valence electrons. The Morgan fingerprint density at radius 1 is 1.14 bits per heavy atom. The van der Waals surface area contributed by atoms with E-state index in [1.807, 2.05) is 20.8 Å². The van der Waals surface area contributed by atoms with Crippen LogP contribution in [0.5, 0.6) is 11.5 Å². The standard InChI is InChI=1S/C16H23NO5/c1-4-21-12-5-7-13(8-6-12)22-10-15(18)17-14(16(19)20)9-11(2)3/h5-8,11,14H,4,9-10H2,1-3H3,(H,17,18)(H,19,20)/t14-/m1/s1. The third kappa shape index (κ3) is 6.47. The van der Waals surface area contributed by atoms with Gasteiger partial charge in [0.1, 0.15) is 17.5 Å². The van der Waals surface area contributed by atoms with Gasteiger partial charge in [0.15, 0.2) is 6.61 Å². The number of carboxylic acids is 1. The Labute approximate surface area is 130 Å². The maximum absolute atomic E-state index is 11.8. The van der Waals surface area contributed by atoms with Crippen molar-refractivity contribution in [1.82, 2.24) is 5.32 Å². The second kappa shape index (κ2) is 8.92. The fourth-order valence-electron chi connectivity index (χ4n) is 1.88. The zero-order valence-corrected chi connectivity index (χ0v) is 13.2. The van der Waals surface area contributed by atoms with E-state index >= 15 is 0 Å². The van der Waals surface area contributed by atoms with Crippen molar-refractivity contribution < 1.29 is 24.2 Å². The van der Waals surface area contributed by atoms with Crippen molar-refractivity contribution in [2.45, 2.75) is 33.2 Å². The summed E-state index contributed by atoms with van der Waals surface area (Å²) < 4.78 is 10.6. The van der Waals surface area contributed by atoms with Gasteiger partial charge in [-0.25, -0.2) is 4.79 Å². The van der Waals surface area contributed by atoms with Crippen LogP contribution in [0.15, 0.2) is 24.3 Å². The number of aliphatic carboxylic acids is 1. The van der Waals surface area contributed by atoms with Crippen LogP contribution in [0.3, 0.4) is 0 Å². The van der Waals surface area contributed by atoms with Crippen LogP contribution in [-0.4, -0.2) is 36.2 Å². The van der Waals surface area contributed by atoms with Gasteiger partial charge in [0.25, 0.3) is 5.91 Å². The van der Waals surface area contributed by atoms with Gasteiger partial charge in [-0.3, -0.25) is 4.79 Å². The lowest BCUT2D eigenvalue weighted by molar-refractivity contribution is -0.142. The molecule has 0 heterocycles. The van der Waals surface area contributed by atoms with Crippen molar-refractivity contribution in [3.8, 4) is 11.5 Å². The molecule has 22 heavy (non-hydrogen) atoms. The van der Waals surface area contributed by atoms with Gasteiger partial charge in [-0.05, 0) is 43.5 Å². The third-order valence-electron chi connectivity index (χ3n) is 2.85. The van der Waals surface area contributed by atoms with Crippen molar-refractivity contribution in [2.24, 2.45) is 5.92 Å². The Kier molecular flexibility index (Phi) is 7.22. The highest BCUT2D eigenvalue weighted by atomic mass is 16.5. The molecule has 6 heteroatoms. The Morgan fingerprint density at radius 3 is 2.14 bits per heavy atom. The zero-order chi connectivity index (χ0) is 16.5. The van der Waals surface area contributed by atoms with Crippen LogP contribution in [0.2, 0.25) is 0 Å². The predicted octanol–water partition coefficient (Wildman–Crippen LogP) is 2.08. The van der Waals surface area contributed by atoms with E-state index in [9.17, 15) is 9.59 Å². The molecule has 1 amide bonds. The summed E-state index contributed by atoms with van der Waals surface area (Å²) in [4.78, 5) is 22.8. The summed E-state index contributed by atoms with van der Waals surface area (Å²) in [6.45, 7) is 6.05. The average molecular weight is 309 g/mol. The summed E-state index contributed by atoms with van der Waals surface area (Å²) in [5, 5.41) is 11.5. The number of carbonyl (C=O) groups excluding carboxylic acids is 1. The number of amides is 1. The minimum Gasteiger partial charge on any atom is -0.494 e. The molecule has 0 bridgehead atoms. The number of carbonyl (C=O) groups is 2. The SMILES string of the molecule is CCOc1ccc(OCC(=O)N[C@H](CC(C)C)C(=O)O)cc1. The molecule has 0 saturated heterocycles. The minimum atomic E-state index is -1.04. The van der Waals surface area contributed by atoms with Crippen LogP contribution in [-0.2, 0) is 9.59 Å². The molecule has 0 aliphatic rings. The van der Waals surface area contributed by atoms with Crippen LogP contribution >= 0.6 is 0 Å². The molecule has 1 aromatic rings. The Morgan fingerprint density at radius 2 is 1.68 bits per heavy atom. The van der Waals surface area contributed by atoms with E-state index in [0.717, 1.165) is 5.75 Å². The normalized spacial score (nSPS) is 11.8. The molecule has 0 unspecified atom stereocenters. The van der Waals surface area contributed by atoms with E-state index in [4.69, 9.17) is 14.6 Å². The molecule has 1 aromatic carbocycles. The van der Waals surface area contributed by atoms with E-state index in [1.165, 1.54) is 0 Å². The van der Waals surface area contributed by atoms with E-state index in [0.29, 0.717) is 18.8 Å². The van der Waals surface area contributed by atoms with Crippen molar-refractivity contribution in [3.63, 3.8) is 0 Å². The average Bonchev–Trinajstić information content (AvgIpc) is 2.45. The quantitative estimate of drug-likeness (QED) is 0.729. The number of benzene rings is 1. The van der Waals surface area contributed by atoms with E-state index in [2.05, 4.69) is 5.32 Å². The molecule has 0 aliphatic carbocycles. The Bertz CT molecular complexity index is 484. The molecule has 6 nitrogen and oxygen atoms in total. The van der Waals surface area contributed by atoms with Crippen LogP contribution in [0.1, 0.15) is 27.2 Å². The Balaban J connectivity index is 2.45. The molecule has 0 saturated carbocycles.